The lowest BCUT2D eigenvalue weighted by Crippen LogP contribution is -2.41. The van der Waals surface area contributed by atoms with E-state index in [1.54, 1.807) is 0 Å². The second kappa shape index (κ2) is 10.3. The van der Waals surface area contributed by atoms with Crippen molar-refractivity contribution >= 4 is 29.9 Å². The van der Waals surface area contributed by atoms with Crippen LogP contribution in [0.3, 0.4) is 0 Å². The molecule has 0 amide bonds. The first-order chi connectivity index (χ1) is 10.7. The molecule has 0 aliphatic carbocycles. The van der Waals surface area contributed by atoms with Gasteiger partial charge in [-0.2, -0.15) is 0 Å². The van der Waals surface area contributed by atoms with Crippen molar-refractivity contribution in [2.75, 3.05) is 6.54 Å². The summed E-state index contributed by atoms with van der Waals surface area (Å²) in [5.74, 6) is 1.58. The van der Waals surface area contributed by atoms with Crippen LogP contribution >= 0.6 is 24.0 Å². The van der Waals surface area contributed by atoms with Crippen LogP contribution in [0.4, 0.5) is 0 Å². The molecule has 1 aromatic carbocycles. The predicted octanol–water partition coefficient (Wildman–Crippen LogP) is 3.81. The third kappa shape index (κ3) is 6.21. The largest absolute Gasteiger partial charge is 0.357 e. The Balaban J connectivity index is 0.00000264. The molecule has 2 aromatic rings. The summed E-state index contributed by atoms with van der Waals surface area (Å²) >= 11 is 0. The van der Waals surface area contributed by atoms with E-state index in [-0.39, 0.29) is 24.0 Å². The second-order valence-corrected chi connectivity index (χ2v) is 5.20. The topological polar surface area (TPSA) is 62.5 Å². The number of aromatic nitrogens is 1. The highest BCUT2D eigenvalue weighted by atomic mass is 127. The Morgan fingerprint density at radius 2 is 2.00 bits per heavy atom. The van der Waals surface area contributed by atoms with Crippen molar-refractivity contribution in [3.8, 4) is 11.3 Å². The normalized spacial score (nSPS) is 12.4. The van der Waals surface area contributed by atoms with E-state index in [4.69, 9.17) is 4.52 Å². The summed E-state index contributed by atoms with van der Waals surface area (Å²) in [7, 11) is 0. The van der Waals surface area contributed by atoms with Crippen LogP contribution < -0.4 is 10.6 Å². The minimum atomic E-state index is 0. The third-order valence-electron chi connectivity index (χ3n) is 3.36. The Morgan fingerprint density at radius 3 is 2.65 bits per heavy atom. The first kappa shape index (κ1) is 19.5. The number of nitrogens with one attached hydrogen (secondary N) is 2. The van der Waals surface area contributed by atoms with E-state index in [0.717, 1.165) is 35.9 Å². The lowest BCUT2D eigenvalue weighted by molar-refractivity contribution is 0.424. The monoisotopic (exact) mass is 428 g/mol. The minimum absolute atomic E-state index is 0. The van der Waals surface area contributed by atoms with E-state index >= 15 is 0 Å². The smallest absolute Gasteiger partial charge is 0.191 e. The maximum atomic E-state index is 5.39. The van der Waals surface area contributed by atoms with E-state index in [9.17, 15) is 0 Å². The van der Waals surface area contributed by atoms with Crippen molar-refractivity contribution in [1.29, 1.82) is 0 Å². The van der Waals surface area contributed by atoms with E-state index in [0.29, 0.717) is 12.6 Å². The lowest BCUT2D eigenvalue weighted by Gasteiger charge is -2.15. The molecule has 6 heteroatoms. The van der Waals surface area contributed by atoms with Gasteiger partial charge in [-0.05, 0) is 20.3 Å². The van der Waals surface area contributed by atoms with Crippen LogP contribution in [0, 0.1) is 0 Å². The van der Waals surface area contributed by atoms with Crippen LogP contribution in [0.15, 0.2) is 45.9 Å². The fraction of sp³-hybridized carbons (Fsp3) is 0.412. The molecule has 0 saturated heterocycles. The van der Waals surface area contributed by atoms with Gasteiger partial charge >= 0.3 is 0 Å². The maximum absolute atomic E-state index is 5.39. The van der Waals surface area contributed by atoms with Gasteiger partial charge in [0.05, 0.1) is 6.54 Å². The highest BCUT2D eigenvalue weighted by Gasteiger charge is 2.07. The Kier molecular flexibility index (Phi) is 8.68. The highest BCUT2D eigenvalue weighted by molar-refractivity contribution is 14.0. The number of aliphatic imine (C=N–C) groups is 1. The number of nitrogens with zero attached hydrogens (tertiary/aromatic N) is 2. The second-order valence-electron chi connectivity index (χ2n) is 5.20. The van der Waals surface area contributed by atoms with Crippen molar-refractivity contribution in [3.63, 3.8) is 0 Å². The molecule has 0 fully saturated rings. The van der Waals surface area contributed by atoms with Gasteiger partial charge in [0, 0.05) is 24.2 Å². The molecule has 1 atom stereocenters. The van der Waals surface area contributed by atoms with Crippen LogP contribution in [0.25, 0.3) is 11.3 Å². The SMILES string of the molecule is CCNC(=NCc1cc(-c2ccccc2)on1)NC(C)CC.I. The average Bonchev–Trinajstić information content (AvgIpc) is 3.02. The summed E-state index contributed by atoms with van der Waals surface area (Å²) in [6, 6.07) is 12.3. The molecule has 0 spiro atoms. The van der Waals surface area contributed by atoms with Crippen LogP contribution in [0.5, 0.6) is 0 Å². The molecule has 126 valence electrons. The van der Waals surface area contributed by atoms with Crippen molar-refractivity contribution in [2.24, 2.45) is 4.99 Å². The van der Waals surface area contributed by atoms with Crippen LogP contribution in [0.1, 0.15) is 32.9 Å². The average molecular weight is 428 g/mol. The molecular formula is C17H25IN4O. The highest BCUT2D eigenvalue weighted by Crippen LogP contribution is 2.19. The molecule has 2 N–H and O–H groups in total. The molecular weight excluding hydrogens is 403 g/mol. The summed E-state index contributed by atoms with van der Waals surface area (Å²) < 4.78 is 5.39. The molecule has 0 saturated carbocycles. The van der Waals surface area contributed by atoms with E-state index in [1.165, 1.54) is 0 Å². The number of benzene rings is 1. The summed E-state index contributed by atoms with van der Waals surface area (Å²) in [4.78, 5) is 4.55. The van der Waals surface area contributed by atoms with Crippen LogP contribution in [-0.4, -0.2) is 23.7 Å². The van der Waals surface area contributed by atoms with Gasteiger partial charge in [0.25, 0.3) is 0 Å². The number of rotatable bonds is 6. The fourth-order valence-corrected chi connectivity index (χ4v) is 1.94. The molecule has 0 radical (unpaired) electrons. The summed E-state index contributed by atoms with van der Waals surface area (Å²) in [6.45, 7) is 7.65. The van der Waals surface area contributed by atoms with Gasteiger partial charge in [0.1, 0.15) is 5.69 Å². The van der Waals surface area contributed by atoms with E-state index in [2.05, 4.69) is 41.6 Å². The van der Waals surface area contributed by atoms with Crippen molar-refractivity contribution < 1.29 is 4.52 Å². The molecule has 0 aliphatic rings. The first-order valence-electron chi connectivity index (χ1n) is 7.78. The molecule has 5 nitrogen and oxygen atoms in total. The summed E-state index contributed by atoms with van der Waals surface area (Å²) in [5, 5.41) is 10.7. The number of hydrogen-bond acceptors (Lipinski definition) is 3. The van der Waals surface area contributed by atoms with Crippen LogP contribution in [-0.2, 0) is 6.54 Å². The van der Waals surface area contributed by atoms with Crippen molar-refractivity contribution in [2.45, 2.75) is 39.8 Å². The Bertz CT molecular complexity index is 598. The standard InChI is InChI=1S/C17H24N4O.HI/c1-4-13(3)20-17(18-5-2)19-12-15-11-16(22-21-15)14-9-7-6-8-10-14;/h6-11,13H,4-5,12H2,1-3H3,(H2,18,19,20);1H. The van der Waals surface area contributed by atoms with Gasteiger partial charge in [0.15, 0.2) is 11.7 Å². The predicted molar refractivity (Wildman–Crippen MR) is 105 cm³/mol. The third-order valence-corrected chi connectivity index (χ3v) is 3.36. The molecule has 23 heavy (non-hydrogen) atoms. The lowest BCUT2D eigenvalue weighted by atomic mass is 10.2. The molecule has 1 aromatic heterocycles. The molecule has 1 unspecified atom stereocenters. The zero-order valence-corrected chi connectivity index (χ0v) is 16.2. The molecule has 1 heterocycles. The van der Waals surface area contributed by atoms with E-state index < -0.39 is 0 Å². The maximum Gasteiger partial charge on any atom is 0.191 e. The summed E-state index contributed by atoms with van der Waals surface area (Å²) in [5.41, 5.74) is 1.84. The number of hydrogen-bond donors (Lipinski definition) is 2. The van der Waals surface area contributed by atoms with Crippen molar-refractivity contribution in [1.82, 2.24) is 15.8 Å². The van der Waals surface area contributed by atoms with Gasteiger partial charge in [-0.25, -0.2) is 4.99 Å². The Hall–Kier alpha value is -1.57. The van der Waals surface area contributed by atoms with Crippen molar-refractivity contribution in [3.05, 3.63) is 42.1 Å². The van der Waals surface area contributed by atoms with Gasteiger partial charge in [-0.1, -0.05) is 42.4 Å². The quantitative estimate of drug-likeness (QED) is 0.417. The Labute approximate surface area is 155 Å². The zero-order chi connectivity index (χ0) is 15.8. The summed E-state index contributed by atoms with van der Waals surface area (Å²) in [6.07, 6.45) is 1.05. The number of halogens is 1. The molecule has 0 aliphatic heterocycles. The molecule has 0 bridgehead atoms. The van der Waals surface area contributed by atoms with Gasteiger partial charge in [-0.15, -0.1) is 24.0 Å². The fourth-order valence-electron chi connectivity index (χ4n) is 1.94. The van der Waals surface area contributed by atoms with Crippen LogP contribution in [0.2, 0.25) is 0 Å². The van der Waals surface area contributed by atoms with Gasteiger partial charge < -0.3 is 15.2 Å². The van der Waals surface area contributed by atoms with E-state index in [1.807, 2.05) is 36.4 Å². The Morgan fingerprint density at radius 1 is 1.26 bits per heavy atom. The molecule has 2 rings (SSSR count). The number of guanidine groups is 1. The van der Waals surface area contributed by atoms with Gasteiger partial charge in [-0.3, -0.25) is 0 Å². The first-order valence-corrected chi connectivity index (χ1v) is 7.78. The zero-order valence-electron chi connectivity index (χ0n) is 13.9. The minimum Gasteiger partial charge on any atom is -0.357 e. The van der Waals surface area contributed by atoms with Gasteiger partial charge in [0.2, 0.25) is 0 Å².